The first-order valence-electron chi connectivity index (χ1n) is 8.02. The highest BCUT2D eigenvalue weighted by Crippen LogP contribution is 2.17. The highest BCUT2D eigenvalue weighted by atomic mass is 127. The molecule has 0 amide bonds. The van der Waals surface area contributed by atoms with E-state index in [-0.39, 0.29) is 29.8 Å². The first-order valence-corrected chi connectivity index (χ1v) is 8.02. The first kappa shape index (κ1) is 21.4. The van der Waals surface area contributed by atoms with Gasteiger partial charge in [-0.05, 0) is 38.0 Å². The lowest BCUT2D eigenvalue weighted by Crippen LogP contribution is -2.32. The number of imidazole rings is 1. The van der Waals surface area contributed by atoms with Crippen LogP contribution < -0.4 is 11.1 Å². The van der Waals surface area contributed by atoms with Crippen LogP contribution in [-0.2, 0) is 11.3 Å². The van der Waals surface area contributed by atoms with Gasteiger partial charge in [0.05, 0.1) is 12.2 Å². The van der Waals surface area contributed by atoms with Crippen LogP contribution in [0, 0.1) is 12.7 Å². The van der Waals surface area contributed by atoms with Crippen molar-refractivity contribution in [2.75, 3.05) is 19.8 Å². The number of nitrogens with two attached hydrogens (primary N) is 1. The van der Waals surface area contributed by atoms with E-state index < -0.39 is 0 Å². The van der Waals surface area contributed by atoms with Crippen LogP contribution in [0.5, 0.6) is 0 Å². The summed E-state index contributed by atoms with van der Waals surface area (Å²) in [6, 6.07) is 5.03. The number of aromatic nitrogens is 2. The summed E-state index contributed by atoms with van der Waals surface area (Å²) in [5, 5.41) is 3.01. The van der Waals surface area contributed by atoms with Gasteiger partial charge < -0.3 is 20.4 Å². The van der Waals surface area contributed by atoms with Crippen molar-refractivity contribution in [2.45, 2.75) is 26.8 Å². The fraction of sp³-hybridized carbons (Fsp3) is 0.412. The lowest BCUT2D eigenvalue weighted by atomic mass is 10.2. The van der Waals surface area contributed by atoms with E-state index in [0.717, 1.165) is 17.8 Å². The number of hydrogen-bond donors (Lipinski definition) is 2. The molecule has 0 saturated heterocycles. The van der Waals surface area contributed by atoms with Crippen LogP contribution in [0.3, 0.4) is 0 Å². The van der Waals surface area contributed by atoms with E-state index in [2.05, 4.69) is 15.3 Å². The molecule has 0 unspecified atom stereocenters. The molecule has 1 heterocycles. The molecule has 0 bridgehead atoms. The minimum absolute atomic E-state index is 0. The molecule has 8 heteroatoms. The van der Waals surface area contributed by atoms with Crippen LogP contribution in [-0.4, -0.2) is 35.3 Å². The van der Waals surface area contributed by atoms with E-state index in [9.17, 15) is 4.39 Å². The van der Waals surface area contributed by atoms with Gasteiger partial charge in [-0.1, -0.05) is 6.07 Å². The Morgan fingerprint density at radius 3 is 2.88 bits per heavy atom. The van der Waals surface area contributed by atoms with Crippen molar-refractivity contribution in [1.82, 2.24) is 14.9 Å². The number of aryl methyl sites for hydroxylation is 1. The minimum atomic E-state index is -0.313. The minimum Gasteiger partial charge on any atom is -0.382 e. The second kappa shape index (κ2) is 11.0. The molecule has 3 N–H and O–H groups in total. The summed E-state index contributed by atoms with van der Waals surface area (Å²) >= 11 is 0. The number of ether oxygens (including phenoxy) is 1. The van der Waals surface area contributed by atoms with Gasteiger partial charge in [0.15, 0.2) is 5.96 Å². The molecule has 0 atom stereocenters. The van der Waals surface area contributed by atoms with Gasteiger partial charge in [-0.3, -0.25) is 0 Å². The molecule has 0 fully saturated rings. The van der Waals surface area contributed by atoms with Crippen molar-refractivity contribution < 1.29 is 9.13 Å². The lowest BCUT2D eigenvalue weighted by molar-refractivity contribution is 0.145. The molecule has 1 aromatic carbocycles. The van der Waals surface area contributed by atoms with Crippen molar-refractivity contribution in [2.24, 2.45) is 10.7 Å². The maximum Gasteiger partial charge on any atom is 0.188 e. The molecule has 138 valence electrons. The average Bonchev–Trinajstić information content (AvgIpc) is 2.99. The molecule has 0 aliphatic heterocycles. The molecule has 0 radical (unpaired) electrons. The van der Waals surface area contributed by atoms with E-state index in [1.165, 1.54) is 6.07 Å². The number of hydrogen-bond acceptors (Lipinski definition) is 3. The quantitative estimate of drug-likeness (QED) is 0.274. The highest BCUT2D eigenvalue weighted by Gasteiger charge is 2.07. The van der Waals surface area contributed by atoms with Crippen LogP contribution in [0.4, 0.5) is 4.39 Å². The van der Waals surface area contributed by atoms with Gasteiger partial charge in [-0.15, -0.1) is 24.0 Å². The summed E-state index contributed by atoms with van der Waals surface area (Å²) in [4.78, 5) is 8.32. The Bertz CT molecular complexity index is 689. The number of nitrogens with one attached hydrogen (secondary N) is 1. The maximum absolute atomic E-state index is 14.3. The largest absolute Gasteiger partial charge is 0.382 e. The third kappa shape index (κ3) is 6.62. The van der Waals surface area contributed by atoms with Crippen LogP contribution in [0.15, 0.2) is 35.6 Å². The fourth-order valence-electron chi connectivity index (χ4n) is 2.24. The summed E-state index contributed by atoms with van der Waals surface area (Å²) in [6.45, 7) is 6.21. The third-order valence-corrected chi connectivity index (χ3v) is 3.51. The van der Waals surface area contributed by atoms with E-state index in [0.29, 0.717) is 38.0 Å². The van der Waals surface area contributed by atoms with Crippen molar-refractivity contribution in [3.8, 4) is 5.69 Å². The van der Waals surface area contributed by atoms with Gasteiger partial charge in [0, 0.05) is 32.2 Å². The second-order valence-electron chi connectivity index (χ2n) is 5.31. The standard InChI is InChI=1S/C17H24FN5O.HI/c1-3-24-10-4-7-21-17(19)22-12-14-5-6-16(15(18)11-14)23-9-8-20-13(23)2;/h5-6,8-9,11H,3-4,7,10,12H2,1-2H3,(H3,19,21,22);1H. The fourth-order valence-corrected chi connectivity index (χ4v) is 2.24. The first-order chi connectivity index (χ1) is 11.6. The number of benzene rings is 1. The number of aliphatic imine (C=N–C) groups is 1. The predicted octanol–water partition coefficient (Wildman–Crippen LogP) is 2.77. The maximum atomic E-state index is 14.3. The molecule has 0 aliphatic carbocycles. The molecule has 25 heavy (non-hydrogen) atoms. The van der Waals surface area contributed by atoms with Crippen molar-refractivity contribution in [3.05, 3.63) is 47.8 Å². The Hall–Kier alpha value is -1.68. The Morgan fingerprint density at radius 1 is 1.44 bits per heavy atom. The Morgan fingerprint density at radius 2 is 2.24 bits per heavy atom. The second-order valence-corrected chi connectivity index (χ2v) is 5.31. The normalized spacial score (nSPS) is 11.2. The summed E-state index contributed by atoms with van der Waals surface area (Å²) in [7, 11) is 0. The summed E-state index contributed by atoms with van der Waals surface area (Å²) in [5.74, 6) is 0.772. The molecule has 2 rings (SSSR count). The smallest absolute Gasteiger partial charge is 0.188 e. The van der Waals surface area contributed by atoms with Crippen LogP contribution >= 0.6 is 24.0 Å². The zero-order valence-corrected chi connectivity index (χ0v) is 16.9. The third-order valence-electron chi connectivity index (χ3n) is 3.51. The van der Waals surface area contributed by atoms with Crippen molar-refractivity contribution in [3.63, 3.8) is 0 Å². The highest BCUT2D eigenvalue weighted by molar-refractivity contribution is 14.0. The molecule has 2 aromatic rings. The Kier molecular flexibility index (Phi) is 9.43. The van der Waals surface area contributed by atoms with Crippen LogP contribution in [0.2, 0.25) is 0 Å². The van der Waals surface area contributed by atoms with Gasteiger partial charge in [-0.25, -0.2) is 14.4 Å². The molecular formula is C17H25FIN5O. The monoisotopic (exact) mass is 461 g/mol. The van der Waals surface area contributed by atoms with E-state index in [4.69, 9.17) is 10.5 Å². The zero-order valence-electron chi connectivity index (χ0n) is 14.5. The molecule has 0 aliphatic rings. The number of nitrogens with zero attached hydrogens (tertiary/aromatic N) is 3. The Balaban J connectivity index is 0.00000312. The molecule has 0 spiro atoms. The molecule has 1 aromatic heterocycles. The zero-order chi connectivity index (χ0) is 17.4. The van der Waals surface area contributed by atoms with Crippen LogP contribution in [0.25, 0.3) is 5.69 Å². The molecular weight excluding hydrogens is 436 g/mol. The van der Waals surface area contributed by atoms with Gasteiger partial charge in [0.25, 0.3) is 0 Å². The lowest BCUT2D eigenvalue weighted by Gasteiger charge is -2.08. The summed E-state index contributed by atoms with van der Waals surface area (Å²) < 4.78 is 21.2. The topological polar surface area (TPSA) is 77.5 Å². The van der Waals surface area contributed by atoms with E-state index >= 15 is 0 Å². The average molecular weight is 461 g/mol. The molecule has 0 saturated carbocycles. The van der Waals surface area contributed by atoms with Gasteiger partial charge in [0.2, 0.25) is 0 Å². The van der Waals surface area contributed by atoms with Gasteiger partial charge >= 0.3 is 0 Å². The van der Waals surface area contributed by atoms with Crippen molar-refractivity contribution in [1.29, 1.82) is 0 Å². The van der Waals surface area contributed by atoms with Gasteiger partial charge in [-0.2, -0.15) is 0 Å². The molecule has 6 nitrogen and oxygen atoms in total. The van der Waals surface area contributed by atoms with E-state index in [1.54, 1.807) is 23.0 Å². The summed E-state index contributed by atoms with van der Waals surface area (Å²) in [5.41, 5.74) is 7.02. The Labute approximate surface area is 164 Å². The number of rotatable bonds is 8. The summed E-state index contributed by atoms with van der Waals surface area (Å²) in [6.07, 6.45) is 4.23. The van der Waals surface area contributed by atoms with Crippen LogP contribution in [0.1, 0.15) is 24.7 Å². The van der Waals surface area contributed by atoms with E-state index in [1.807, 2.05) is 19.9 Å². The van der Waals surface area contributed by atoms with Crippen molar-refractivity contribution >= 4 is 29.9 Å². The number of guanidine groups is 1. The SMILES string of the molecule is CCOCCCNC(N)=NCc1ccc(-n2ccnc2C)c(F)c1.I. The number of halogens is 2. The van der Waals surface area contributed by atoms with Gasteiger partial charge in [0.1, 0.15) is 11.6 Å². The predicted molar refractivity (Wildman–Crippen MR) is 108 cm³/mol.